The fourth-order valence-corrected chi connectivity index (χ4v) is 3.37. The quantitative estimate of drug-likeness (QED) is 0.349. The zero-order valence-corrected chi connectivity index (χ0v) is 16.6. The van der Waals surface area contributed by atoms with Gasteiger partial charge in [-0.05, 0) is 24.3 Å². The van der Waals surface area contributed by atoms with E-state index in [1.165, 1.54) is 27.9 Å². The molecule has 0 bridgehead atoms. The maximum absolute atomic E-state index is 14.4. The summed E-state index contributed by atoms with van der Waals surface area (Å²) in [5.41, 5.74) is 0.786. The average molecular weight is 419 g/mol. The molecular formula is C22H18FN5O3. The number of amides is 1. The van der Waals surface area contributed by atoms with E-state index in [1.807, 2.05) is 0 Å². The maximum Gasteiger partial charge on any atom is 0.274 e. The van der Waals surface area contributed by atoms with Crippen molar-refractivity contribution in [1.29, 1.82) is 0 Å². The highest BCUT2D eigenvalue weighted by Crippen LogP contribution is 2.24. The zero-order valence-electron chi connectivity index (χ0n) is 16.6. The Bertz CT molecular complexity index is 1250. The molecule has 0 saturated heterocycles. The van der Waals surface area contributed by atoms with E-state index in [-0.39, 0.29) is 23.5 Å². The fourth-order valence-electron chi connectivity index (χ4n) is 3.37. The molecule has 0 aliphatic rings. The SMILES string of the molecule is CN(Cc1ccccc1[N+](=O)[O-])C(=O)c1cnn(-c2ccccc2F)c1-n1cccc1. The van der Waals surface area contributed by atoms with Crippen LogP contribution < -0.4 is 0 Å². The van der Waals surface area contributed by atoms with Crippen molar-refractivity contribution >= 4 is 11.6 Å². The first kappa shape index (κ1) is 20.0. The predicted octanol–water partition coefficient (Wildman–Crippen LogP) is 3.98. The molecule has 0 unspecified atom stereocenters. The van der Waals surface area contributed by atoms with Gasteiger partial charge in [0.1, 0.15) is 17.1 Å². The summed E-state index contributed by atoms with van der Waals surface area (Å²) in [6, 6.07) is 16.0. The summed E-state index contributed by atoms with van der Waals surface area (Å²) in [7, 11) is 1.55. The molecule has 2 aromatic heterocycles. The third-order valence-corrected chi connectivity index (χ3v) is 4.85. The van der Waals surface area contributed by atoms with E-state index in [1.54, 1.807) is 72.5 Å². The van der Waals surface area contributed by atoms with Crippen LogP contribution in [0.4, 0.5) is 10.1 Å². The van der Waals surface area contributed by atoms with Crippen LogP contribution in [0.2, 0.25) is 0 Å². The molecule has 4 rings (SSSR count). The number of hydrogen-bond donors (Lipinski definition) is 0. The monoisotopic (exact) mass is 419 g/mol. The molecule has 8 nitrogen and oxygen atoms in total. The number of nitro benzene ring substituents is 1. The van der Waals surface area contributed by atoms with Gasteiger partial charge in [0.25, 0.3) is 11.6 Å². The molecule has 0 fully saturated rings. The highest BCUT2D eigenvalue weighted by atomic mass is 19.1. The molecule has 0 saturated carbocycles. The average Bonchev–Trinajstić information content (AvgIpc) is 3.43. The van der Waals surface area contributed by atoms with Gasteiger partial charge in [-0.2, -0.15) is 5.10 Å². The van der Waals surface area contributed by atoms with Crippen LogP contribution in [0.25, 0.3) is 11.5 Å². The van der Waals surface area contributed by atoms with Crippen LogP contribution in [-0.4, -0.2) is 37.1 Å². The van der Waals surface area contributed by atoms with Gasteiger partial charge in [0, 0.05) is 31.1 Å². The van der Waals surface area contributed by atoms with Crippen LogP contribution >= 0.6 is 0 Å². The standard InChI is InChI=1S/C22H18FN5O3/c1-25(15-16-8-2-4-10-19(16)28(30)31)22(29)17-14-24-27(20-11-5-3-9-18(20)23)21(17)26-12-6-7-13-26/h2-14H,15H2,1H3. The number of para-hydroxylation sites is 2. The summed E-state index contributed by atoms with van der Waals surface area (Å²) < 4.78 is 17.5. The molecular weight excluding hydrogens is 401 g/mol. The van der Waals surface area contributed by atoms with Crippen molar-refractivity contribution in [3.05, 3.63) is 106 Å². The number of nitrogens with zero attached hydrogens (tertiary/aromatic N) is 5. The van der Waals surface area contributed by atoms with E-state index in [0.29, 0.717) is 11.4 Å². The van der Waals surface area contributed by atoms with Gasteiger partial charge in [-0.1, -0.05) is 30.3 Å². The number of hydrogen-bond acceptors (Lipinski definition) is 4. The van der Waals surface area contributed by atoms with Crippen molar-refractivity contribution in [2.75, 3.05) is 7.05 Å². The van der Waals surface area contributed by atoms with Gasteiger partial charge < -0.3 is 9.47 Å². The van der Waals surface area contributed by atoms with Crippen molar-refractivity contribution in [2.24, 2.45) is 0 Å². The summed E-state index contributed by atoms with van der Waals surface area (Å²) in [5.74, 6) is -0.509. The van der Waals surface area contributed by atoms with E-state index < -0.39 is 16.6 Å². The van der Waals surface area contributed by atoms with Crippen LogP contribution in [0.1, 0.15) is 15.9 Å². The van der Waals surface area contributed by atoms with Gasteiger partial charge in [-0.25, -0.2) is 9.07 Å². The fraction of sp³-hybridized carbons (Fsp3) is 0.0909. The summed E-state index contributed by atoms with van der Waals surface area (Å²) in [5, 5.41) is 15.6. The van der Waals surface area contributed by atoms with Crippen LogP contribution in [0, 0.1) is 15.9 Å². The van der Waals surface area contributed by atoms with Gasteiger partial charge in [-0.3, -0.25) is 14.9 Å². The van der Waals surface area contributed by atoms with Gasteiger partial charge in [0.15, 0.2) is 5.82 Å². The largest absolute Gasteiger partial charge is 0.337 e. The Balaban J connectivity index is 1.74. The van der Waals surface area contributed by atoms with Gasteiger partial charge >= 0.3 is 0 Å². The Morgan fingerprint density at radius 1 is 1.10 bits per heavy atom. The number of rotatable bonds is 6. The van der Waals surface area contributed by atoms with Crippen molar-refractivity contribution in [2.45, 2.75) is 6.54 Å². The number of halogens is 1. The molecule has 0 N–H and O–H groups in total. The minimum absolute atomic E-state index is 0.0337. The van der Waals surface area contributed by atoms with E-state index in [0.717, 1.165) is 0 Å². The van der Waals surface area contributed by atoms with E-state index in [2.05, 4.69) is 5.10 Å². The molecule has 0 spiro atoms. The van der Waals surface area contributed by atoms with Crippen molar-refractivity contribution in [3.8, 4) is 11.5 Å². The Morgan fingerprint density at radius 2 is 1.77 bits per heavy atom. The first-order valence-corrected chi connectivity index (χ1v) is 9.41. The molecule has 2 aromatic carbocycles. The van der Waals surface area contributed by atoms with Gasteiger partial charge in [0.05, 0.1) is 17.7 Å². The number of carbonyl (C=O) groups excluding carboxylic acids is 1. The van der Waals surface area contributed by atoms with E-state index >= 15 is 0 Å². The highest BCUT2D eigenvalue weighted by molar-refractivity contribution is 5.97. The molecule has 0 aliphatic carbocycles. The van der Waals surface area contributed by atoms with Crippen LogP contribution in [0.15, 0.2) is 79.3 Å². The molecule has 9 heteroatoms. The van der Waals surface area contributed by atoms with Gasteiger partial charge in [-0.15, -0.1) is 0 Å². The third kappa shape index (κ3) is 3.80. The molecule has 1 amide bonds. The van der Waals surface area contributed by atoms with E-state index in [9.17, 15) is 19.3 Å². The molecule has 0 aliphatic heterocycles. The second kappa shape index (κ2) is 8.23. The minimum Gasteiger partial charge on any atom is -0.337 e. The lowest BCUT2D eigenvalue weighted by molar-refractivity contribution is -0.385. The molecule has 2 heterocycles. The summed E-state index contributed by atoms with van der Waals surface area (Å²) >= 11 is 0. The summed E-state index contributed by atoms with van der Waals surface area (Å²) in [6.45, 7) is 0.0337. The molecule has 4 aromatic rings. The van der Waals surface area contributed by atoms with Crippen LogP contribution in [0.5, 0.6) is 0 Å². The van der Waals surface area contributed by atoms with Gasteiger partial charge in [0.2, 0.25) is 0 Å². The van der Waals surface area contributed by atoms with Crippen molar-refractivity contribution in [1.82, 2.24) is 19.2 Å². The lowest BCUT2D eigenvalue weighted by atomic mass is 10.1. The topological polar surface area (TPSA) is 86.2 Å². The number of benzene rings is 2. The summed E-state index contributed by atoms with van der Waals surface area (Å²) in [6.07, 6.45) is 4.83. The maximum atomic E-state index is 14.4. The Hall–Kier alpha value is -4.27. The Morgan fingerprint density at radius 3 is 2.48 bits per heavy atom. The van der Waals surface area contributed by atoms with Crippen LogP contribution in [0.3, 0.4) is 0 Å². The predicted molar refractivity (Wildman–Crippen MR) is 112 cm³/mol. The first-order chi connectivity index (χ1) is 15.0. The Kier molecular flexibility index (Phi) is 5.31. The van der Waals surface area contributed by atoms with Crippen molar-refractivity contribution in [3.63, 3.8) is 0 Å². The lowest BCUT2D eigenvalue weighted by Crippen LogP contribution is -2.27. The molecule has 156 valence electrons. The second-order valence-corrected chi connectivity index (χ2v) is 6.88. The van der Waals surface area contributed by atoms with Crippen LogP contribution in [-0.2, 0) is 6.54 Å². The zero-order chi connectivity index (χ0) is 22.0. The normalized spacial score (nSPS) is 10.8. The molecule has 0 radical (unpaired) electrons. The smallest absolute Gasteiger partial charge is 0.274 e. The van der Waals surface area contributed by atoms with E-state index in [4.69, 9.17) is 0 Å². The first-order valence-electron chi connectivity index (χ1n) is 9.41. The number of carbonyl (C=O) groups is 1. The molecule has 0 atom stereocenters. The Labute approximate surface area is 176 Å². The second-order valence-electron chi connectivity index (χ2n) is 6.88. The highest BCUT2D eigenvalue weighted by Gasteiger charge is 2.25. The number of aromatic nitrogens is 3. The number of nitro groups is 1. The van der Waals surface area contributed by atoms with Crippen molar-refractivity contribution < 1.29 is 14.1 Å². The summed E-state index contributed by atoms with van der Waals surface area (Å²) in [4.78, 5) is 25.5. The minimum atomic E-state index is -0.480. The molecule has 31 heavy (non-hydrogen) atoms. The third-order valence-electron chi connectivity index (χ3n) is 4.85. The lowest BCUT2D eigenvalue weighted by Gasteiger charge is -2.18.